The lowest BCUT2D eigenvalue weighted by atomic mass is 9.92. The first-order valence-corrected chi connectivity index (χ1v) is 8.54. The van der Waals surface area contributed by atoms with E-state index in [2.05, 4.69) is 44.4 Å². The van der Waals surface area contributed by atoms with Crippen LogP contribution in [0.1, 0.15) is 73.1 Å². The summed E-state index contributed by atoms with van der Waals surface area (Å²) in [5.41, 5.74) is 0. The van der Waals surface area contributed by atoms with Crippen LogP contribution in [0.25, 0.3) is 0 Å². The number of hydrogen-bond donors (Lipinski definition) is 0. The van der Waals surface area contributed by atoms with Crippen LogP contribution in [0.5, 0.6) is 0 Å². The van der Waals surface area contributed by atoms with E-state index in [9.17, 15) is 4.79 Å². The summed E-state index contributed by atoms with van der Waals surface area (Å²) in [6.07, 6.45) is 7.65. The fourth-order valence-electron chi connectivity index (χ4n) is 4.15. The van der Waals surface area contributed by atoms with Crippen molar-refractivity contribution >= 4 is 6.03 Å². The van der Waals surface area contributed by atoms with Gasteiger partial charge in [-0.15, -0.1) is 0 Å². The molecule has 3 atom stereocenters. The van der Waals surface area contributed by atoms with E-state index in [0.29, 0.717) is 24.2 Å². The number of urea groups is 1. The van der Waals surface area contributed by atoms with E-state index in [1.165, 1.54) is 38.5 Å². The molecule has 1 aliphatic heterocycles. The van der Waals surface area contributed by atoms with Crippen molar-refractivity contribution in [1.82, 2.24) is 9.80 Å². The molecule has 0 aromatic heterocycles. The molecule has 2 rings (SSSR count). The molecule has 1 heterocycles. The molecule has 3 heteroatoms. The predicted octanol–water partition coefficient (Wildman–Crippen LogP) is 4.27. The van der Waals surface area contributed by atoms with E-state index >= 15 is 0 Å². The molecule has 20 heavy (non-hydrogen) atoms. The average molecular weight is 280 g/mol. The molecule has 2 fully saturated rings. The van der Waals surface area contributed by atoms with E-state index in [1.807, 2.05) is 0 Å². The maximum absolute atomic E-state index is 12.8. The summed E-state index contributed by atoms with van der Waals surface area (Å²) in [4.78, 5) is 17.2. The Morgan fingerprint density at radius 3 is 2.05 bits per heavy atom. The number of carbonyl (C=O) groups is 1. The van der Waals surface area contributed by atoms with Gasteiger partial charge in [-0.3, -0.25) is 0 Å². The molecule has 3 unspecified atom stereocenters. The Balaban J connectivity index is 2.29. The molecule has 0 aromatic rings. The maximum atomic E-state index is 12.8. The molecule has 2 amide bonds. The van der Waals surface area contributed by atoms with Crippen LogP contribution in [0.15, 0.2) is 0 Å². The second-order valence-electron chi connectivity index (χ2n) is 7.40. The van der Waals surface area contributed by atoms with Gasteiger partial charge in [-0.2, -0.15) is 0 Å². The summed E-state index contributed by atoms with van der Waals surface area (Å²) in [6.45, 7) is 11.0. The molecule has 0 aromatic carbocycles. The Kier molecular flexibility index (Phi) is 4.98. The first kappa shape index (κ1) is 15.7. The third-order valence-electron chi connectivity index (χ3n) is 5.05. The molecule has 0 bridgehead atoms. The van der Waals surface area contributed by atoms with Crippen molar-refractivity contribution in [2.24, 2.45) is 5.92 Å². The standard InChI is InChI=1S/C17H32N2O/c1-12(2)18-15-10-8-6-7-9-14(5)11-16(15)19(13(3)4)17(18)20/h12-16H,6-11H2,1-5H3. The van der Waals surface area contributed by atoms with Gasteiger partial charge in [0.15, 0.2) is 0 Å². The van der Waals surface area contributed by atoms with Crippen LogP contribution < -0.4 is 0 Å². The third-order valence-corrected chi connectivity index (χ3v) is 5.05. The highest BCUT2D eigenvalue weighted by Gasteiger charge is 2.47. The minimum Gasteiger partial charge on any atom is -0.317 e. The molecular formula is C17H32N2O. The van der Waals surface area contributed by atoms with Crippen molar-refractivity contribution in [3.8, 4) is 0 Å². The largest absolute Gasteiger partial charge is 0.321 e. The summed E-state index contributed by atoms with van der Waals surface area (Å²) < 4.78 is 0. The summed E-state index contributed by atoms with van der Waals surface area (Å²) in [5.74, 6) is 0.738. The molecule has 0 radical (unpaired) electrons. The highest BCUT2D eigenvalue weighted by Crippen LogP contribution is 2.36. The second kappa shape index (κ2) is 6.36. The number of amides is 2. The van der Waals surface area contributed by atoms with Crippen molar-refractivity contribution in [3.05, 3.63) is 0 Å². The van der Waals surface area contributed by atoms with Crippen LogP contribution in [0.2, 0.25) is 0 Å². The molecule has 3 nitrogen and oxygen atoms in total. The van der Waals surface area contributed by atoms with E-state index < -0.39 is 0 Å². The highest BCUT2D eigenvalue weighted by atomic mass is 16.2. The fourth-order valence-corrected chi connectivity index (χ4v) is 4.15. The number of fused-ring (bicyclic) bond motifs is 1. The van der Waals surface area contributed by atoms with Crippen molar-refractivity contribution in [1.29, 1.82) is 0 Å². The first-order valence-electron chi connectivity index (χ1n) is 8.54. The van der Waals surface area contributed by atoms with Gasteiger partial charge in [0.2, 0.25) is 0 Å². The lowest BCUT2D eigenvalue weighted by Gasteiger charge is -2.32. The molecule has 0 N–H and O–H groups in total. The third kappa shape index (κ3) is 2.96. The summed E-state index contributed by atoms with van der Waals surface area (Å²) in [7, 11) is 0. The average Bonchev–Trinajstić information content (AvgIpc) is 2.64. The Morgan fingerprint density at radius 2 is 1.45 bits per heavy atom. The zero-order valence-corrected chi connectivity index (χ0v) is 13.9. The fraction of sp³-hybridized carbons (Fsp3) is 0.941. The Morgan fingerprint density at radius 1 is 0.900 bits per heavy atom. The summed E-state index contributed by atoms with van der Waals surface area (Å²) in [6, 6.07) is 1.77. The molecule has 1 saturated heterocycles. The van der Waals surface area contributed by atoms with Gasteiger partial charge in [-0.25, -0.2) is 4.79 Å². The predicted molar refractivity (Wildman–Crippen MR) is 83.8 cm³/mol. The minimum atomic E-state index is 0.276. The maximum Gasteiger partial charge on any atom is 0.321 e. The molecule has 0 spiro atoms. The van der Waals surface area contributed by atoms with Gasteiger partial charge in [0.1, 0.15) is 0 Å². The van der Waals surface area contributed by atoms with Gasteiger partial charge in [-0.1, -0.05) is 32.6 Å². The van der Waals surface area contributed by atoms with Crippen LogP contribution in [-0.2, 0) is 0 Å². The monoisotopic (exact) mass is 280 g/mol. The number of carbonyl (C=O) groups excluding carboxylic acids is 1. The highest BCUT2D eigenvalue weighted by molar-refractivity contribution is 5.78. The van der Waals surface area contributed by atoms with Crippen LogP contribution in [0.4, 0.5) is 4.79 Å². The number of hydrogen-bond acceptors (Lipinski definition) is 1. The zero-order valence-electron chi connectivity index (χ0n) is 13.9. The van der Waals surface area contributed by atoms with Crippen LogP contribution in [-0.4, -0.2) is 40.0 Å². The lowest BCUT2D eigenvalue weighted by molar-refractivity contribution is 0.162. The van der Waals surface area contributed by atoms with Gasteiger partial charge in [0, 0.05) is 12.1 Å². The van der Waals surface area contributed by atoms with Crippen LogP contribution in [0.3, 0.4) is 0 Å². The summed E-state index contributed by atoms with van der Waals surface area (Å²) in [5, 5.41) is 0. The van der Waals surface area contributed by atoms with Crippen LogP contribution >= 0.6 is 0 Å². The molecule has 116 valence electrons. The first-order chi connectivity index (χ1) is 9.43. The Bertz CT molecular complexity index is 340. The van der Waals surface area contributed by atoms with Gasteiger partial charge in [0.05, 0.1) is 12.1 Å². The van der Waals surface area contributed by atoms with Gasteiger partial charge in [0.25, 0.3) is 0 Å². The quantitative estimate of drug-likeness (QED) is 0.741. The van der Waals surface area contributed by atoms with E-state index in [4.69, 9.17) is 0 Å². The number of nitrogens with zero attached hydrogens (tertiary/aromatic N) is 2. The van der Waals surface area contributed by atoms with Crippen LogP contribution in [0, 0.1) is 5.92 Å². The molecule has 2 aliphatic rings. The van der Waals surface area contributed by atoms with Crippen molar-refractivity contribution in [2.75, 3.05) is 0 Å². The van der Waals surface area contributed by atoms with Gasteiger partial charge in [-0.05, 0) is 46.5 Å². The van der Waals surface area contributed by atoms with Crippen molar-refractivity contribution in [2.45, 2.75) is 97.3 Å². The summed E-state index contributed by atoms with van der Waals surface area (Å²) >= 11 is 0. The van der Waals surface area contributed by atoms with Gasteiger partial charge >= 0.3 is 6.03 Å². The Hall–Kier alpha value is -0.730. The second-order valence-corrected chi connectivity index (χ2v) is 7.40. The smallest absolute Gasteiger partial charge is 0.317 e. The molecular weight excluding hydrogens is 248 g/mol. The lowest BCUT2D eigenvalue weighted by Crippen LogP contribution is -2.42. The van der Waals surface area contributed by atoms with Crippen molar-refractivity contribution < 1.29 is 4.79 Å². The molecule has 1 aliphatic carbocycles. The normalized spacial score (nSPS) is 32.4. The SMILES string of the molecule is CC1CCCCCC2C(C1)N(C(C)C)C(=O)N2C(C)C. The topological polar surface area (TPSA) is 23.6 Å². The van der Waals surface area contributed by atoms with Gasteiger partial charge < -0.3 is 9.80 Å². The van der Waals surface area contributed by atoms with E-state index in [1.54, 1.807) is 0 Å². The molecule has 1 saturated carbocycles. The zero-order chi connectivity index (χ0) is 14.9. The van der Waals surface area contributed by atoms with E-state index in [0.717, 1.165) is 5.92 Å². The number of rotatable bonds is 2. The van der Waals surface area contributed by atoms with Crippen molar-refractivity contribution in [3.63, 3.8) is 0 Å². The minimum absolute atomic E-state index is 0.276. The Labute approximate surface area is 124 Å². The van der Waals surface area contributed by atoms with E-state index in [-0.39, 0.29) is 6.03 Å².